The van der Waals surface area contributed by atoms with Gasteiger partial charge in [-0.05, 0) is 50.1 Å². The van der Waals surface area contributed by atoms with Crippen molar-refractivity contribution in [2.45, 2.75) is 26.7 Å². The van der Waals surface area contributed by atoms with E-state index in [1.807, 2.05) is 31.2 Å². The lowest BCUT2D eigenvalue weighted by Crippen LogP contribution is -2.12. The third kappa shape index (κ3) is 4.56. The zero-order valence-corrected chi connectivity index (χ0v) is 12.3. The standard InChI is InChI=1S/C18H19NO2/c1-13-3-5-15(6-4-13)7-12-18(21)19-17-10-8-16(9-11-17)14(2)20/h3-6,8-11H,7,12H2,1-2H3,(H,19,21). The van der Waals surface area contributed by atoms with E-state index in [0.29, 0.717) is 17.7 Å². The number of amides is 1. The molecule has 0 atom stereocenters. The Bertz CT molecular complexity index is 627. The second-order valence-electron chi connectivity index (χ2n) is 5.17. The molecule has 1 N–H and O–H groups in total. The monoisotopic (exact) mass is 281 g/mol. The number of hydrogen-bond donors (Lipinski definition) is 1. The molecule has 0 spiro atoms. The Kier molecular flexibility index (Phi) is 4.88. The summed E-state index contributed by atoms with van der Waals surface area (Å²) in [7, 11) is 0. The van der Waals surface area contributed by atoms with Gasteiger partial charge < -0.3 is 5.32 Å². The number of benzene rings is 2. The Labute approximate surface area is 125 Å². The maximum atomic E-state index is 11.9. The number of rotatable bonds is 5. The minimum Gasteiger partial charge on any atom is -0.326 e. The summed E-state index contributed by atoms with van der Waals surface area (Å²) in [6.45, 7) is 3.57. The first-order valence-electron chi connectivity index (χ1n) is 7.01. The number of Topliss-reactive ketones (excluding diaryl/α,β-unsaturated/α-hetero) is 1. The van der Waals surface area contributed by atoms with Crippen LogP contribution < -0.4 is 5.32 Å². The summed E-state index contributed by atoms with van der Waals surface area (Å²) in [6.07, 6.45) is 1.16. The Morgan fingerprint density at radius 2 is 1.57 bits per heavy atom. The first-order valence-corrected chi connectivity index (χ1v) is 7.01. The lowest BCUT2D eigenvalue weighted by molar-refractivity contribution is -0.116. The number of nitrogens with one attached hydrogen (secondary N) is 1. The molecule has 0 aliphatic carbocycles. The third-order valence-corrected chi connectivity index (χ3v) is 3.34. The van der Waals surface area contributed by atoms with Crippen LogP contribution in [-0.2, 0) is 11.2 Å². The van der Waals surface area contributed by atoms with Crippen LogP contribution in [0.3, 0.4) is 0 Å². The molecule has 0 unspecified atom stereocenters. The molecule has 0 aliphatic heterocycles. The van der Waals surface area contributed by atoms with Crippen LogP contribution in [0.25, 0.3) is 0 Å². The van der Waals surface area contributed by atoms with Crippen molar-refractivity contribution in [1.82, 2.24) is 0 Å². The van der Waals surface area contributed by atoms with Gasteiger partial charge in [0, 0.05) is 17.7 Å². The summed E-state index contributed by atoms with van der Waals surface area (Å²) in [6, 6.07) is 15.1. The number of carbonyl (C=O) groups is 2. The average molecular weight is 281 g/mol. The van der Waals surface area contributed by atoms with E-state index in [4.69, 9.17) is 0 Å². The van der Waals surface area contributed by atoms with E-state index in [2.05, 4.69) is 5.32 Å². The van der Waals surface area contributed by atoms with Gasteiger partial charge in [-0.2, -0.15) is 0 Å². The van der Waals surface area contributed by atoms with Gasteiger partial charge >= 0.3 is 0 Å². The fourth-order valence-corrected chi connectivity index (χ4v) is 2.02. The zero-order chi connectivity index (χ0) is 15.2. The SMILES string of the molecule is CC(=O)c1ccc(NC(=O)CCc2ccc(C)cc2)cc1. The molecule has 108 valence electrons. The van der Waals surface area contributed by atoms with Crippen molar-refractivity contribution in [3.05, 3.63) is 65.2 Å². The molecule has 0 heterocycles. The lowest BCUT2D eigenvalue weighted by Gasteiger charge is -2.06. The van der Waals surface area contributed by atoms with E-state index >= 15 is 0 Å². The number of ketones is 1. The second-order valence-corrected chi connectivity index (χ2v) is 5.17. The van der Waals surface area contributed by atoms with E-state index in [0.717, 1.165) is 12.0 Å². The molecule has 0 aliphatic rings. The average Bonchev–Trinajstić information content (AvgIpc) is 2.47. The van der Waals surface area contributed by atoms with Crippen LogP contribution in [0.5, 0.6) is 0 Å². The molecule has 3 heteroatoms. The molecule has 0 radical (unpaired) electrons. The molecule has 21 heavy (non-hydrogen) atoms. The summed E-state index contributed by atoms with van der Waals surface area (Å²) in [5.41, 5.74) is 3.73. The Morgan fingerprint density at radius 1 is 0.952 bits per heavy atom. The molecule has 3 nitrogen and oxygen atoms in total. The van der Waals surface area contributed by atoms with Gasteiger partial charge in [0.2, 0.25) is 5.91 Å². The van der Waals surface area contributed by atoms with Gasteiger partial charge in [0.15, 0.2) is 5.78 Å². The van der Waals surface area contributed by atoms with Crippen LogP contribution in [0.1, 0.15) is 34.8 Å². The van der Waals surface area contributed by atoms with Crippen LogP contribution in [0.2, 0.25) is 0 Å². The van der Waals surface area contributed by atoms with E-state index in [1.165, 1.54) is 12.5 Å². The molecule has 2 aromatic rings. The highest BCUT2D eigenvalue weighted by atomic mass is 16.1. The predicted octanol–water partition coefficient (Wildman–Crippen LogP) is 3.77. The normalized spacial score (nSPS) is 10.2. The highest BCUT2D eigenvalue weighted by Gasteiger charge is 2.04. The quantitative estimate of drug-likeness (QED) is 0.848. The summed E-state index contributed by atoms with van der Waals surface area (Å²) >= 11 is 0. The summed E-state index contributed by atoms with van der Waals surface area (Å²) in [4.78, 5) is 23.1. The van der Waals surface area contributed by atoms with Crippen molar-refractivity contribution < 1.29 is 9.59 Å². The molecule has 1 amide bonds. The molecule has 2 aromatic carbocycles. The van der Waals surface area contributed by atoms with Crippen molar-refractivity contribution >= 4 is 17.4 Å². The first kappa shape index (κ1) is 15.0. The fourth-order valence-electron chi connectivity index (χ4n) is 2.02. The lowest BCUT2D eigenvalue weighted by atomic mass is 10.1. The summed E-state index contributed by atoms with van der Waals surface area (Å²) < 4.78 is 0. The summed E-state index contributed by atoms with van der Waals surface area (Å²) in [5.74, 6) is -0.00148. The van der Waals surface area contributed by atoms with Crippen LogP contribution >= 0.6 is 0 Å². The molecule has 0 saturated heterocycles. The van der Waals surface area contributed by atoms with Crippen molar-refractivity contribution in [2.75, 3.05) is 5.32 Å². The molecular formula is C18H19NO2. The van der Waals surface area contributed by atoms with Crippen LogP contribution in [0.4, 0.5) is 5.69 Å². The minimum atomic E-state index is -0.0221. The van der Waals surface area contributed by atoms with Crippen molar-refractivity contribution in [3.63, 3.8) is 0 Å². The maximum absolute atomic E-state index is 11.9. The Hall–Kier alpha value is -2.42. The van der Waals surface area contributed by atoms with E-state index < -0.39 is 0 Å². The Morgan fingerprint density at radius 3 is 2.14 bits per heavy atom. The highest BCUT2D eigenvalue weighted by molar-refractivity contribution is 5.95. The number of carbonyl (C=O) groups excluding carboxylic acids is 2. The zero-order valence-electron chi connectivity index (χ0n) is 12.3. The van der Waals surface area contributed by atoms with Gasteiger partial charge in [0.25, 0.3) is 0 Å². The van der Waals surface area contributed by atoms with Crippen LogP contribution in [0.15, 0.2) is 48.5 Å². The van der Waals surface area contributed by atoms with Crippen molar-refractivity contribution in [3.8, 4) is 0 Å². The van der Waals surface area contributed by atoms with E-state index in [1.54, 1.807) is 24.3 Å². The van der Waals surface area contributed by atoms with Gasteiger partial charge in [0.1, 0.15) is 0 Å². The Balaban J connectivity index is 1.86. The smallest absolute Gasteiger partial charge is 0.224 e. The molecule has 0 bridgehead atoms. The second kappa shape index (κ2) is 6.84. The van der Waals surface area contributed by atoms with Gasteiger partial charge in [-0.25, -0.2) is 0 Å². The van der Waals surface area contributed by atoms with Gasteiger partial charge in [-0.3, -0.25) is 9.59 Å². The summed E-state index contributed by atoms with van der Waals surface area (Å²) in [5, 5.41) is 2.84. The number of anilines is 1. The minimum absolute atomic E-state index is 0.0206. The van der Waals surface area contributed by atoms with E-state index in [-0.39, 0.29) is 11.7 Å². The molecule has 2 rings (SSSR count). The molecular weight excluding hydrogens is 262 g/mol. The largest absolute Gasteiger partial charge is 0.326 e. The third-order valence-electron chi connectivity index (χ3n) is 3.34. The first-order chi connectivity index (χ1) is 10.0. The molecule has 0 fully saturated rings. The predicted molar refractivity (Wildman–Crippen MR) is 84.6 cm³/mol. The highest BCUT2D eigenvalue weighted by Crippen LogP contribution is 2.11. The number of hydrogen-bond acceptors (Lipinski definition) is 2. The van der Waals surface area contributed by atoms with Gasteiger partial charge in [0.05, 0.1) is 0 Å². The molecule has 0 saturated carbocycles. The van der Waals surface area contributed by atoms with Crippen molar-refractivity contribution in [1.29, 1.82) is 0 Å². The molecule has 0 aromatic heterocycles. The topological polar surface area (TPSA) is 46.2 Å². The van der Waals surface area contributed by atoms with Crippen LogP contribution in [0, 0.1) is 6.92 Å². The van der Waals surface area contributed by atoms with Crippen LogP contribution in [-0.4, -0.2) is 11.7 Å². The fraction of sp³-hybridized carbons (Fsp3) is 0.222. The van der Waals surface area contributed by atoms with Gasteiger partial charge in [-0.15, -0.1) is 0 Å². The van der Waals surface area contributed by atoms with E-state index in [9.17, 15) is 9.59 Å². The number of aryl methyl sites for hydroxylation is 2. The van der Waals surface area contributed by atoms with Gasteiger partial charge in [-0.1, -0.05) is 29.8 Å². The maximum Gasteiger partial charge on any atom is 0.224 e. The van der Waals surface area contributed by atoms with Crippen molar-refractivity contribution in [2.24, 2.45) is 0 Å².